The van der Waals surface area contributed by atoms with E-state index in [-0.39, 0.29) is 86.9 Å². The number of aliphatic hydroxyl groups is 2. The summed E-state index contributed by atoms with van der Waals surface area (Å²) >= 11 is 0. The minimum Gasteiger partial charge on any atom is -1.00 e. The number of carbonyl (C=O) groups is 6. The molecule has 4 atom stereocenters. The SMILES string of the molecule is CCCCCCCCC(OC(=O)C[N+](C)(C)CCOC(C)=O)C(O)CCCCCCCC(=O)OCCCCCCCCCCOC(=O)CCCCCCCC(O)C(CCCCC)OC(=O)C[N+](C)(C)CCOC(C)=O.[Cl-].[Cl-]. The second-order valence-electron chi connectivity index (χ2n) is 22.4. The van der Waals surface area contributed by atoms with Gasteiger partial charge in [-0.3, -0.25) is 19.2 Å². The molecular formula is C59H112Cl2N2O14. The van der Waals surface area contributed by atoms with Gasteiger partial charge in [0.25, 0.3) is 0 Å². The molecule has 16 nitrogen and oxygen atoms in total. The lowest BCUT2D eigenvalue weighted by Gasteiger charge is -2.30. The van der Waals surface area contributed by atoms with E-state index in [0.29, 0.717) is 73.8 Å². The van der Waals surface area contributed by atoms with Crippen molar-refractivity contribution in [2.24, 2.45) is 0 Å². The van der Waals surface area contributed by atoms with Crippen molar-refractivity contribution < 1.29 is 101 Å². The highest BCUT2D eigenvalue weighted by molar-refractivity contribution is 5.71. The zero-order chi connectivity index (χ0) is 56.0. The van der Waals surface area contributed by atoms with Crippen molar-refractivity contribution in [1.29, 1.82) is 0 Å². The number of nitrogens with zero attached hydrogens (tertiary/aromatic N) is 2. The van der Waals surface area contributed by atoms with Gasteiger partial charge in [0, 0.05) is 26.7 Å². The van der Waals surface area contributed by atoms with Crippen molar-refractivity contribution in [3.63, 3.8) is 0 Å². The molecule has 0 bridgehead atoms. The molecule has 456 valence electrons. The third-order valence-corrected chi connectivity index (χ3v) is 13.8. The molecule has 0 fully saturated rings. The predicted molar refractivity (Wildman–Crippen MR) is 294 cm³/mol. The Bertz CT molecular complexity index is 1490. The van der Waals surface area contributed by atoms with E-state index in [1.165, 1.54) is 33.1 Å². The highest BCUT2D eigenvalue weighted by Crippen LogP contribution is 2.21. The molecule has 0 saturated carbocycles. The van der Waals surface area contributed by atoms with E-state index < -0.39 is 24.4 Å². The highest BCUT2D eigenvalue weighted by Gasteiger charge is 2.29. The molecule has 0 aromatic rings. The van der Waals surface area contributed by atoms with Crippen LogP contribution < -0.4 is 24.8 Å². The molecule has 0 spiro atoms. The van der Waals surface area contributed by atoms with Crippen LogP contribution in [0.3, 0.4) is 0 Å². The van der Waals surface area contributed by atoms with Crippen LogP contribution in [0.25, 0.3) is 0 Å². The van der Waals surface area contributed by atoms with E-state index >= 15 is 0 Å². The standard InChI is InChI=1S/C59H112N2O14.2ClH/c1-9-11-13-14-23-31-39-55(75-59(69)49-61(7,8)43-47-71-51(4)63)53(65)37-30-22-20-25-33-41-57(67)73-45-35-27-18-16-15-17-26-34-44-72-56(66)40-32-24-19-21-29-36-52(64)54(38-28-12-10-2)74-58(68)48-60(5,6)42-46-70-50(3)62;;/h52-55,64-65H,9-49H2,1-8H3;2*1H/q+2;;/p-2. The molecule has 18 heteroatoms. The van der Waals surface area contributed by atoms with Crippen LogP contribution in [0.4, 0.5) is 0 Å². The summed E-state index contributed by atoms with van der Waals surface area (Å²) in [6.45, 7) is 9.65. The maximum absolute atomic E-state index is 12.9. The first-order valence-corrected chi connectivity index (χ1v) is 29.8. The van der Waals surface area contributed by atoms with Gasteiger partial charge in [-0.1, -0.05) is 149 Å². The quantitative estimate of drug-likeness (QED) is 0.0364. The van der Waals surface area contributed by atoms with E-state index in [9.17, 15) is 39.0 Å². The summed E-state index contributed by atoms with van der Waals surface area (Å²) in [6, 6.07) is 0. The molecule has 0 heterocycles. The number of halogens is 2. The maximum Gasteiger partial charge on any atom is 0.362 e. The zero-order valence-corrected chi connectivity index (χ0v) is 51.3. The molecule has 0 aliphatic carbocycles. The van der Waals surface area contributed by atoms with Gasteiger partial charge in [-0.2, -0.15) is 0 Å². The fourth-order valence-corrected chi connectivity index (χ4v) is 8.98. The Hall–Kier alpha value is -2.76. The average molecular weight is 1140 g/mol. The number of aliphatic hydroxyl groups excluding tert-OH is 2. The van der Waals surface area contributed by atoms with Crippen LogP contribution in [0.1, 0.15) is 240 Å². The molecule has 0 aromatic heterocycles. The van der Waals surface area contributed by atoms with Crippen LogP contribution in [0.2, 0.25) is 0 Å². The number of quaternary nitrogens is 2. The highest BCUT2D eigenvalue weighted by atomic mass is 35.5. The fourth-order valence-electron chi connectivity index (χ4n) is 8.98. The molecule has 2 N–H and O–H groups in total. The zero-order valence-electron chi connectivity index (χ0n) is 49.7. The first-order valence-electron chi connectivity index (χ1n) is 29.8. The van der Waals surface area contributed by atoms with Crippen molar-refractivity contribution in [3.8, 4) is 0 Å². The lowest BCUT2D eigenvalue weighted by Crippen LogP contribution is -3.00. The second kappa shape index (κ2) is 51.4. The minimum atomic E-state index is -0.720. The van der Waals surface area contributed by atoms with E-state index in [0.717, 1.165) is 154 Å². The van der Waals surface area contributed by atoms with Gasteiger partial charge < -0.3 is 72.4 Å². The fraction of sp³-hybridized carbons (Fsp3) is 0.898. The van der Waals surface area contributed by atoms with Gasteiger partial charge in [-0.25, -0.2) is 9.59 Å². The van der Waals surface area contributed by atoms with Gasteiger partial charge in [0.05, 0.1) is 53.6 Å². The number of carbonyl (C=O) groups excluding carboxylic acids is 6. The lowest BCUT2D eigenvalue weighted by molar-refractivity contribution is -0.883. The Morgan fingerprint density at radius 2 is 0.649 bits per heavy atom. The van der Waals surface area contributed by atoms with Crippen LogP contribution in [-0.2, 0) is 57.2 Å². The number of likely N-dealkylation sites (N-methyl/N-ethyl adjacent to an activating group) is 2. The molecular weight excluding hydrogens is 1030 g/mol. The smallest absolute Gasteiger partial charge is 0.362 e. The van der Waals surface area contributed by atoms with Gasteiger partial charge in [-0.05, 0) is 64.2 Å². The van der Waals surface area contributed by atoms with Gasteiger partial charge in [-0.15, -0.1) is 0 Å². The molecule has 4 unspecified atom stereocenters. The van der Waals surface area contributed by atoms with E-state index in [2.05, 4.69) is 13.8 Å². The molecule has 0 aliphatic heterocycles. The van der Waals surface area contributed by atoms with Crippen molar-refractivity contribution in [2.75, 3.05) is 80.8 Å². The van der Waals surface area contributed by atoms with Crippen molar-refractivity contribution in [2.45, 2.75) is 264 Å². The minimum absolute atomic E-state index is 0. The van der Waals surface area contributed by atoms with Crippen molar-refractivity contribution in [3.05, 3.63) is 0 Å². The number of unbranched alkanes of at least 4 members (excludes halogenated alkanes) is 22. The monoisotopic (exact) mass is 1140 g/mol. The van der Waals surface area contributed by atoms with Crippen LogP contribution in [0.15, 0.2) is 0 Å². The molecule has 0 amide bonds. The maximum atomic E-state index is 12.9. The summed E-state index contributed by atoms with van der Waals surface area (Å²) in [5.41, 5.74) is 0. The Morgan fingerprint density at radius 3 is 1.00 bits per heavy atom. The van der Waals surface area contributed by atoms with Gasteiger partial charge in [0.15, 0.2) is 13.1 Å². The molecule has 0 aliphatic rings. The Labute approximate surface area is 479 Å². The average Bonchev–Trinajstić information content (AvgIpc) is 3.33. The summed E-state index contributed by atoms with van der Waals surface area (Å²) in [5, 5.41) is 22.0. The molecule has 0 rings (SSSR count). The normalized spacial score (nSPS) is 13.0. The largest absolute Gasteiger partial charge is 1.00 e. The first kappa shape index (κ1) is 78.5. The first-order chi connectivity index (χ1) is 35.8. The summed E-state index contributed by atoms with van der Waals surface area (Å²) in [4.78, 5) is 72.5. The topological polar surface area (TPSA) is 198 Å². The molecule has 77 heavy (non-hydrogen) atoms. The number of rotatable bonds is 52. The number of hydrogen-bond acceptors (Lipinski definition) is 14. The summed E-state index contributed by atoms with van der Waals surface area (Å²) < 4.78 is 33.3. The van der Waals surface area contributed by atoms with Crippen LogP contribution in [-0.4, -0.2) is 160 Å². The molecule has 0 radical (unpaired) electrons. The Balaban J connectivity index is -0.0000274. The summed E-state index contributed by atoms with van der Waals surface area (Å²) in [5.74, 6) is -1.69. The lowest BCUT2D eigenvalue weighted by atomic mass is 9.99. The number of esters is 6. The molecule has 0 saturated heterocycles. The van der Waals surface area contributed by atoms with E-state index in [1.54, 1.807) is 0 Å². The Morgan fingerprint density at radius 1 is 0.364 bits per heavy atom. The summed E-state index contributed by atoms with van der Waals surface area (Å²) in [7, 11) is 7.56. The summed E-state index contributed by atoms with van der Waals surface area (Å²) in [6.07, 6.45) is 27.5. The van der Waals surface area contributed by atoms with Crippen molar-refractivity contribution in [1.82, 2.24) is 0 Å². The van der Waals surface area contributed by atoms with Crippen LogP contribution >= 0.6 is 0 Å². The van der Waals surface area contributed by atoms with E-state index in [1.807, 2.05) is 28.2 Å². The predicted octanol–water partition coefficient (Wildman–Crippen LogP) is 4.82. The third-order valence-electron chi connectivity index (χ3n) is 13.8. The Kier molecular flexibility index (Phi) is 52.4. The number of hydrogen-bond donors (Lipinski definition) is 2. The van der Waals surface area contributed by atoms with Gasteiger partial charge in [0.2, 0.25) is 0 Å². The van der Waals surface area contributed by atoms with Crippen LogP contribution in [0.5, 0.6) is 0 Å². The van der Waals surface area contributed by atoms with Crippen molar-refractivity contribution >= 4 is 35.8 Å². The van der Waals surface area contributed by atoms with E-state index in [4.69, 9.17) is 28.4 Å². The van der Waals surface area contributed by atoms with Gasteiger partial charge >= 0.3 is 35.8 Å². The number of ether oxygens (including phenoxy) is 6. The van der Waals surface area contributed by atoms with Crippen LogP contribution in [0, 0.1) is 0 Å². The second-order valence-corrected chi connectivity index (χ2v) is 22.4. The third kappa shape index (κ3) is 51.2. The molecule has 0 aromatic carbocycles. The van der Waals surface area contributed by atoms with Gasteiger partial charge in [0.1, 0.15) is 38.5 Å².